The quantitative estimate of drug-likeness (QED) is 0.452. The van der Waals surface area contributed by atoms with Gasteiger partial charge in [-0.1, -0.05) is 72.8 Å². The van der Waals surface area contributed by atoms with Crippen molar-refractivity contribution in [2.75, 3.05) is 4.90 Å². The lowest BCUT2D eigenvalue weighted by molar-refractivity contribution is 0.853. The zero-order valence-corrected chi connectivity index (χ0v) is 13.0. The molecule has 0 aromatic heterocycles. The third-order valence-corrected chi connectivity index (χ3v) is 3.71. The summed E-state index contributed by atoms with van der Waals surface area (Å²) in [6.45, 7) is 4.07. The molecule has 0 spiro atoms. The van der Waals surface area contributed by atoms with E-state index < -0.39 is 0 Å². The summed E-state index contributed by atoms with van der Waals surface area (Å²) in [6, 6.07) is 31.4. The van der Waals surface area contributed by atoms with Crippen LogP contribution in [0.4, 0.5) is 11.4 Å². The number of hydrogen-bond acceptors (Lipinski definition) is 1. The summed E-state index contributed by atoms with van der Waals surface area (Å²) in [4.78, 5) is 2.31. The van der Waals surface area contributed by atoms with Crippen LogP contribution in [0.25, 0.3) is 0 Å². The third-order valence-electron chi connectivity index (χ3n) is 3.71. The van der Waals surface area contributed by atoms with E-state index in [2.05, 4.69) is 84.3 Å². The normalized spacial score (nSPS) is 11.1. The first kappa shape index (κ1) is 16.6. The van der Waals surface area contributed by atoms with Gasteiger partial charge in [0.15, 0.2) is 0 Å². The lowest BCUT2D eigenvalue weighted by Crippen LogP contribution is -2.22. The third kappa shape index (κ3) is 3.72. The van der Waals surface area contributed by atoms with Crippen molar-refractivity contribution in [3.63, 3.8) is 0 Å². The largest absolute Gasteiger partial charge is 0.330 e. The number of nitrogens with zero attached hydrogens (tertiary/aromatic N) is 1. The number of rotatable bonds is 5. The molecule has 3 aromatic rings. The topological polar surface area (TPSA) is 3.24 Å². The molecular formula is C21H19BN. The lowest BCUT2D eigenvalue weighted by atomic mass is 10.0. The van der Waals surface area contributed by atoms with Crippen molar-refractivity contribution in [1.29, 1.82) is 0 Å². The van der Waals surface area contributed by atoms with Crippen LogP contribution in [-0.4, -0.2) is 8.41 Å². The lowest BCUT2D eigenvalue weighted by Gasteiger charge is -2.32. The Morgan fingerprint density at radius 2 is 1.04 bits per heavy atom. The smallest absolute Gasteiger partial charge is 0.0772 e. The maximum atomic E-state index is 4.07. The summed E-state index contributed by atoms with van der Waals surface area (Å²) >= 11 is 0. The molecule has 0 heterocycles. The molecule has 0 saturated heterocycles. The summed E-state index contributed by atoms with van der Waals surface area (Å²) in [5, 5.41) is 0. The zero-order valence-electron chi connectivity index (χ0n) is 13.0. The predicted molar refractivity (Wildman–Crippen MR) is 100 cm³/mol. The Morgan fingerprint density at radius 3 is 1.43 bits per heavy atom. The molecule has 3 aromatic carbocycles. The molecule has 0 fully saturated rings. The summed E-state index contributed by atoms with van der Waals surface area (Å²) in [5.74, 6) is 0. The van der Waals surface area contributed by atoms with Crippen LogP contribution in [0.1, 0.15) is 11.6 Å². The molecule has 3 rings (SSSR count). The molecule has 23 heavy (non-hydrogen) atoms. The fraction of sp³-hybridized carbons (Fsp3) is 0.0476. The van der Waals surface area contributed by atoms with Gasteiger partial charge in [0.1, 0.15) is 0 Å². The first-order valence-electron chi connectivity index (χ1n) is 7.47. The van der Waals surface area contributed by atoms with E-state index in [0.29, 0.717) is 0 Å². The van der Waals surface area contributed by atoms with E-state index in [4.69, 9.17) is 0 Å². The van der Waals surface area contributed by atoms with Crippen LogP contribution in [0.2, 0.25) is 0 Å². The van der Waals surface area contributed by atoms with Gasteiger partial charge in [-0.3, -0.25) is 0 Å². The van der Waals surface area contributed by atoms with Crippen LogP contribution >= 0.6 is 0 Å². The zero-order chi connectivity index (χ0) is 15.2. The summed E-state index contributed by atoms with van der Waals surface area (Å²) in [6.07, 6.45) is 2.00. The van der Waals surface area contributed by atoms with E-state index in [9.17, 15) is 0 Å². The van der Waals surface area contributed by atoms with Crippen molar-refractivity contribution < 1.29 is 0 Å². The molecule has 0 aliphatic heterocycles. The van der Waals surface area contributed by atoms with Crippen LogP contribution in [0.5, 0.6) is 0 Å². The average Bonchev–Trinajstić information content (AvgIpc) is 2.62. The Hall–Kier alpha value is -2.74. The van der Waals surface area contributed by atoms with Gasteiger partial charge in [0.05, 0.1) is 6.04 Å². The predicted octanol–water partition coefficient (Wildman–Crippen LogP) is 5.37. The molecule has 0 saturated carbocycles. The van der Waals surface area contributed by atoms with E-state index in [1.165, 1.54) is 5.56 Å². The standard InChI is InChI=1S/C21H19N.B/c1-2-21(18-12-6-3-7-13-18)22(19-14-8-4-9-15-19)20-16-10-5-11-17-20;/h2-17,21H,1H2;. The van der Waals surface area contributed by atoms with Crippen LogP contribution in [0.15, 0.2) is 104 Å². The maximum Gasteiger partial charge on any atom is 0.0772 e. The Bertz CT molecular complexity index is 671. The number of benzene rings is 3. The molecule has 1 atom stereocenters. The molecule has 0 N–H and O–H groups in total. The van der Waals surface area contributed by atoms with Gasteiger partial charge >= 0.3 is 0 Å². The van der Waals surface area contributed by atoms with Crippen LogP contribution in [0, 0.1) is 0 Å². The van der Waals surface area contributed by atoms with Gasteiger partial charge in [0, 0.05) is 19.8 Å². The highest BCUT2D eigenvalue weighted by Gasteiger charge is 2.19. The van der Waals surface area contributed by atoms with E-state index in [-0.39, 0.29) is 14.5 Å². The summed E-state index contributed by atoms with van der Waals surface area (Å²) in [7, 11) is 0. The second-order valence-corrected chi connectivity index (χ2v) is 5.13. The van der Waals surface area contributed by atoms with Gasteiger partial charge in [-0.15, -0.1) is 6.58 Å². The molecule has 1 unspecified atom stereocenters. The van der Waals surface area contributed by atoms with Gasteiger partial charge in [0.25, 0.3) is 0 Å². The Morgan fingerprint density at radius 1 is 0.652 bits per heavy atom. The van der Waals surface area contributed by atoms with Crippen LogP contribution < -0.4 is 4.90 Å². The molecule has 0 aliphatic carbocycles. The second-order valence-electron chi connectivity index (χ2n) is 5.13. The minimum atomic E-state index is 0. The van der Waals surface area contributed by atoms with Crippen molar-refractivity contribution >= 4 is 19.8 Å². The molecule has 1 nitrogen and oxygen atoms in total. The Labute approximate surface area is 140 Å². The highest BCUT2D eigenvalue weighted by molar-refractivity contribution is 5.75. The number of para-hydroxylation sites is 2. The number of anilines is 2. The van der Waals surface area contributed by atoms with Crippen molar-refractivity contribution in [2.45, 2.75) is 6.04 Å². The van der Waals surface area contributed by atoms with Gasteiger partial charge in [0.2, 0.25) is 0 Å². The highest BCUT2D eigenvalue weighted by atomic mass is 15.2. The molecule has 111 valence electrons. The fourth-order valence-electron chi connectivity index (χ4n) is 2.69. The van der Waals surface area contributed by atoms with Crippen molar-refractivity contribution in [1.82, 2.24) is 0 Å². The number of hydrogen-bond donors (Lipinski definition) is 0. The minimum Gasteiger partial charge on any atom is -0.330 e. The van der Waals surface area contributed by atoms with Crippen molar-refractivity contribution in [3.05, 3.63) is 109 Å². The molecule has 0 aliphatic rings. The van der Waals surface area contributed by atoms with E-state index in [1.54, 1.807) is 0 Å². The minimum absolute atomic E-state index is 0. The van der Waals surface area contributed by atoms with Crippen molar-refractivity contribution in [2.24, 2.45) is 0 Å². The van der Waals surface area contributed by atoms with Crippen LogP contribution in [0.3, 0.4) is 0 Å². The van der Waals surface area contributed by atoms with Gasteiger partial charge in [-0.05, 0) is 29.8 Å². The van der Waals surface area contributed by atoms with E-state index >= 15 is 0 Å². The highest BCUT2D eigenvalue weighted by Crippen LogP contribution is 2.35. The summed E-state index contributed by atoms with van der Waals surface area (Å²) < 4.78 is 0. The first-order valence-corrected chi connectivity index (χ1v) is 7.47. The van der Waals surface area contributed by atoms with Crippen LogP contribution in [-0.2, 0) is 0 Å². The molecule has 2 heteroatoms. The molecule has 0 bridgehead atoms. The molecule has 0 amide bonds. The van der Waals surface area contributed by atoms with Gasteiger partial charge < -0.3 is 4.90 Å². The Kier molecular flexibility index (Phi) is 5.82. The van der Waals surface area contributed by atoms with Crippen molar-refractivity contribution in [3.8, 4) is 0 Å². The fourth-order valence-corrected chi connectivity index (χ4v) is 2.69. The SMILES string of the molecule is C=CC(c1ccccc1)N(c1ccccc1)c1ccccc1.[B]. The first-order chi connectivity index (χ1) is 10.9. The molecular weight excluding hydrogens is 277 g/mol. The monoisotopic (exact) mass is 296 g/mol. The van der Waals surface area contributed by atoms with E-state index in [0.717, 1.165) is 11.4 Å². The average molecular weight is 296 g/mol. The summed E-state index contributed by atoms with van der Waals surface area (Å²) in [5.41, 5.74) is 3.54. The van der Waals surface area contributed by atoms with Gasteiger partial charge in [-0.25, -0.2) is 0 Å². The molecule has 3 radical (unpaired) electrons. The Balaban J connectivity index is 0.00000192. The van der Waals surface area contributed by atoms with E-state index in [1.807, 2.05) is 24.3 Å². The second kappa shape index (κ2) is 8.04. The van der Waals surface area contributed by atoms with Gasteiger partial charge in [-0.2, -0.15) is 0 Å². The maximum absolute atomic E-state index is 4.07.